The van der Waals surface area contributed by atoms with Crippen LogP contribution in [0, 0.1) is 0 Å². The SMILES string of the molecule is CN/C=C\C=C1/Cc2ccccc2C1(C)C. The first kappa shape index (κ1) is 11.0. The van der Waals surface area contributed by atoms with Crippen molar-refractivity contribution in [1.29, 1.82) is 0 Å². The summed E-state index contributed by atoms with van der Waals surface area (Å²) in [7, 11) is 1.92. The molecule has 0 unspecified atom stereocenters. The second kappa shape index (κ2) is 4.17. The van der Waals surface area contributed by atoms with Gasteiger partial charge >= 0.3 is 0 Å². The minimum absolute atomic E-state index is 0.175. The van der Waals surface area contributed by atoms with Crippen molar-refractivity contribution in [3.63, 3.8) is 0 Å². The number of hydrogen-bond donors (Lipinski definition) is 1. The molecule has 1 aromatic rings. The third kappa shape index (κ3) is 1.78. The Balaban J connectivity index is 2.36. The van der Waals surface area contributed by atoms with Crippen molar-refractivity contribution in [3.8, 4) is 0 Å². The van der Waals surface area contributed by atoms with E-state index in [0.717, 1.165) is 6.42 Å². The molecule has 1 N–H and O–H groups in total. The second-order valence-electron chi connectivity index (χ2n) is 4.80. The van der Waals surface area contributed by atoms with Gasteiger partial charge in [0.15, 0.2) is 0 Å². The zero-order chi connectivity index (χ0) is 11.6. The van der Waals surface area contributed by atoms with Crippen LogP contribution in [0.5, 0.6) is 0 Å². The van der Waals surface area contributed by atoms with Crippen LogP contribution < -0.4 is 5.32 Å². The Morgan fingerprint density at radius 2 is 2.00 bits per heavy atom. The minimum atomic E-state index is 0.175. The van der Waals surface area contributed by atoms with Gasteiger partial charge in [0.05, 0.1) is 0 Å². The maximum Gasteiger partial charge on any atom is 0.0114 e. The van der Waals surface area contributed by atoms with Crippen molar-refractivity contribution in [2.24, 2.45) is 0 Å². The lowest BCUT2D eigenvalue weighted by atomic mass is 9.83. The van der Waals surface area contributed by atoms with Crippen LogP contribution in [-0.4, -0.2) is 7.05 Å². The van der Waals surface area contributed by atoms with Crippen molar-refractivity contribution in [1.82, 2.24) is 5.32 Å². The van der Waals surface area contributed by atoms with E-state index < -0.39 is 0 Å². The van der Waals surface area contributed by atoms with E-state index in [-0.39, 0.29) is 5.41 Å². The Hall–Kier alpha value is -1.50. The zero-order valence-corrected chi connectivity index (χ0v) is 10.2. The van der Waals surface area contributed by atoms with E-state index in [4.69, 9.17) is 0 Å². The number of hydrogen-bond acceptors (Lipinski definition) is 1. The predicted octanol–water partition coefficient (Wildman–Crippen LogP) is 3.18. The molecule has 1 heteroatoms. The van der Waals surface area contributed by atoms with Crippen LogP contribution in [0.25, 0.3) is 0 Å². The molecule has 0 heterocycles. The van der Waals surface area contributed by atoms with Gasteiger partial charge in [-0.1, -0.05) is 49.8 Å². The van der Waals surface area contributed by atoms with Gasteiger partial charge in [0.1, 0.15) is 0 Å². The first-order valence-electron chi connectivity index (χ1n) is 5.78. The van der Waals surface area contributed by atoms with Gasteiger partial charge in [-0.3, -0.25) is 0 Å². The fourth-order valence-electron chi connectivity index (χ4n) is 2.41. The highest BCUT2D eigenvalue weighted by molar-refractivity contribution is 5.50. The van der Waals surface area contributed by atoms with Gasteiger partial charge in [0, 0.05) is 12.5 Å². The Morgan fingerprint density at radius 1 is 1.25 bits per heavy atom. The predicted molar refractivity (Wildman–Crippen MR) is 69.5 cm³/mol. The molecule has 1 aliphatic carbocycles. The molecule has 0 aliphatic heterocycles. The Labute approximate surface area is 97.9 Å². The molecule has 0 radical (unpaired) electrons. The largest absolute Gasteiger partial charge is 0.394 e. The topological polar surface area (TPSA) is 12.0 Å². The standard InChI is InChI=1S/C15H19N/c1-15(2)13(8-6-10-16-3)11-12-7-4-5-9-14(12)15/h4-10,16H,11H2,1-3H3/b10-6-,13-8+. The first-order chi connectivity index (χ1) is 7.66. The molecule has 0 aromatic heterocycles. The molecular formula is C15H19N. The summed E-state index contributed by atoms with van der Waals surface area (Å²) in [5.41, 5.74) is 4.60. The smallest absolute Gasteiger partial charge is 0.0114 e. The van der Waals surface area contributed by atoms with Crippen molar-refractivity contribution in [2.75, 3.05) is 7.05 Å². The normalized spacial score (nSPS) is 20.3. The van der Waals surface area contributed by atoms with Gasteiger partial charge < -0.3 is 5.32 Å². The first-order valence-corrected chi connectivity index (χ1v) is 5.78. The molecule has 0 fully saturated rings. The van der Waals surface area contributed by atoms with Crippen molar-refractivity contribution in [2.45, 2.75) is 25.7 Å². The van der Waals surface area contributed by atoms with Crippen molar-refractivity contribution < 1.29 is 0 Å². The van der Waals surface area contributed by atoms with Gasteiger partial charge in [-0.2, -0.15) is 0 Å². The van der Waals surface area contributed by atoms with E-state index in [1.807, 2.05) is 13.2 Å². The average molecular weight is 213 g/mol. The lowest BCUT2D eigenvalue weighted by Crippen LogP contribution is -2.15. The van der Waals surface area contributed by atoms with Crippen LogP contribution >= 0.6 is 0 Å². The fourth-order valence-corrected chi connectivity index (χ4v) is 2.41. The molecule has 0 bridgehead atoms. The summed E-state index contributed by atoms with van der Waals surface area (Å²) in [4.78, 5) is 0. The monoisotopic (exact) mass is 213 g/mol. The minimum Gasteiger partial charge on any atom is -0.394 e. The van der Waals surface area contributed by atoms with Crippen molar-refractivity contribution in [3.05, 3.63) is 59.3 Å². The highest BCUT2D eigenvalue weighted by Gasteiger charge is 2.33. The van der Waals surface area contributed by atoms with Crippen LogP contribution in [0.2, 0.25) is 0 Å². The van der Waals surface area contributed by atoms with Gasteiger partial charge in [0.25, 0.3) is 0 Å². The molecule has 16 heavy (non-hydrogen) atoms. The summed E-state index contributed by atoms with van der Waals surface area (Å²) in [5.74, 6) is 0. The molecular weight excluding hydrogens is 194 g/mol. The van der Waals surface area contributed by atoms with Crippen molar-refractivity contribution >= 4 is 0 Å². The van der Waals surface area contributed by atoms with E-state index in [2.05, 4.69) is 55.6 Å². The van der Waals surface area contributed by atoms with Crippen LogP contribution in [0.15, 0.2) is 48.2 Å². The molecule has 84 valence electrons. The second-order valence-corrected chi connectivity index (χ2v) is 4.80. The Kier molecular flexibility index (Phi) is 2.86. The average Bonchev–Trinajstić information content (AvgIpc) is 2.52. The lowest BCUT2D eigenvalue weighted by Gasteiger charge is -2.21. The highest BCUT2D eigenvalue weighted by atomic mass is 14.8. The summed E-state index contributed by atoms with van der Waals surface area (Å²) >= 11 is 0. The van der Waals surface area contributed by atoms with Crippen LogP contribution in [0.4, 0.5) is 0 Å². The van der Waals surface area contributed by atoms with Gasteiger partial charge in [-0.25, -0.2) is 0 Å². The van der Waals surface area contributed by atoms with Gasteiger partial charge in [0.2, 0.25) is 0 Å². The molecule has 2 rings (SSSR count). The van der Waals surface area contributed by atoms with E-state index in [1.54, 1.807) is 0 Å². The summed E-state index contributed by atoms with van der Waals surface area (Å²) in [6.45, 7) is 4.61. The molecule has 0 spiro atoms. The maximum absolute atomic E-state index is 3.02. The lowest BCUT2D eigenvalue weighted by molar-refractivity contribution is 0.644. The van der Waals surface area contributed by atoms with Crippen LogP contribution in [0.3, 0.4) is 0 Å². The molecule has 1 aromatic carbocycles. The Morgan fingerprint density at radius 3 is 2.69 bits per heavy atom. The summed E-state index contributed by atoms with van der Waals surface area (Å²) in [6.07, 6.45) is 7.36. The van der Waals surface area contributed by atoms with Crippen LogP contribution in [-0.2, 0) is 11.8 Å². The van der Waals surface area contributed by atoms with E-state index >= 15 is 0 Å². The number of benzene rings is 1. The number of fused-ring (bicyclic) bond motifs is 1. The van der Waals surface area contributed by atoms with Crippen LogP contribution in [0.1, 0.15) is 25.0 Å². The zero-order valence-electron chi connectivity index (χ0n) is 10.2. The highest BCUT2D eigenvalue weighted by Crippen LogP contribution is 2.42. The summed E-state index contributed by atoms with van der Waals surface area (Å²) in [5, 5.41) is 3.02. The fraction of sp³-hybridized carbons (Fsp3) is 0.333. The molecule has 0 amide bonds. The third-order valence-corrected chi connectivity index (χ3v) is 3.43. The molecule has 0 saturated heterocycles. The third-order valence-electron chi connectivity index (χ3n) is 3.43. The summed E-state index contributed by atoms with van der Waals surface area (Å²) < 4.78 is 0. The number of allylic oxidation sites excluding steroid dienone is 3. The summed E-state index contributed by atoms with van der Waals surface area (Å²) in [6, 6.07) is 8.74. The van der Waals surface area contributed by atoms with Gasteiger partial charge in [-0.15, -0.1) is 0 Å². The molecule has 1 nitrogen and oxygen atoms in total. The van der Waals surface area contributed by atoms with E-state index in [9.17, 15) is 0 Å². The molecule has 1 aliphatic rings. The number of rotatable bonds is 2. The molecule has 0 saturated carbocycles. The van der Waals surface area contributed by atoms with Gasteiger partial charge in [-0.05, 0) is 29.8 Å². The van der Waals surface area contributed by atoms with E-state index in [0.29, 0.717) is 0 Å². The number of nitrogens with one attached hydrogen (secondary N) is 1. The molecule has 0 atom stereocenters. The van der Waals surface area contributed by atoms with E-state index in [1.165, 1.54) is 16.7 Å². The quantitative estimate of drug-likeness (QED) is 0.795. The Bertz CT molecular complexity index is 439. The maximum atomic E-state index is 3.02.